The van der Waals surface area contributed by atoms with Crippen LogP contribution in [0.25, 0.3) is 0 Å². The summed E-state index contributed by atoms with van der Waals surface area (Å²) in [7, 11) is 0. The summed E-state index contributed by atoms with van der Waals surface area (Å²) >= 11 is 0. The number of anilines is 1. The summed E-state index contributed by atoms with van der Waals surface area (Å²) in [4.78, 5) is 12.1. The highest BCUT2D eigenvalue weighted by atomic mass is 16.5. The van der Waals surface area contributed by atoms with E-state index in [-0.39, 0.29) is 11.8 Å². The molecular weight excluding hydrogens is 252 g/mol. The van der Waals surface area contributed by atoms with E-state index < -0.39 is 0 Å². The summed E-state index contributed by atoms with van der Waals surface area (Å²) in [5.74, 6) is 0.201. The molecular formula is C16H24N2O2. The van der Waals surface area contributed by atoms with Gasteiger partial charge in [0.2, 0.25) is 5.91 Å². The first-order valence-electron chi connectivity index (χ1n) is 7.36. The van der Waals surface area contributed by atoms with Gasteiger partial charge in [0.05, 0.1) is 0 Å². The van der Waals surface area contributed by atoms with Gasteiger partial charge in [0.15, 0.2) is 0 Å². The van der Waals surface area contributed by atoms with E-state index in [0.717, 1.165) is 25.1 Å². The fourth-order valence-corrected chi connectivity index (χ4v) is 2.23. The van der Waals surface area contributed by atoms with Crippen LogP contribution in [0.15, 0.2) is 24.3 Å². The van der Waals surface area contributed by atoms with Crippen molar-refractivity contribution in [2.75, 3.05) is 18.5 Å². The fraction of sp³-hybridized carbons (Fsp3) is 0.562. The number of carbonyl (C=O) groups is 1. The maximum atomic E-state index is 12.1. The second-order valence-electron chi connectivity index (χ2n) is 5.61. The lowest BCUT2D eigenvalue weighted by molar-refractivity contribution is -0.122. The van der Waals surface area contributed by atoms with E-state index >= 15 is 0 Å². The molecule has 1 saturated heterocycles. The van der Waals surface area contributed by atoms with Crippen molar-refractivity contribution in [1.82, 2.24) is 5.32 Å². The third-order valence-electron chi connectivity index (χ3n) is 3.53. The average molecular weight is 276 g/mol. The Morgan fingerprint density at radius 1 is 1.25 bits per heavy atom. The van der Waals surface area contributed by atoms with E-state index in [2.05, 4.69) is 36.6 Å². The Morgan fingerprint density at radius 3 is 2.50 bits per heavy atom. The van der Waals surface area contributed by atoms with Crippen molar-refractivity contribution >= 4 is 11.6 Å². The summed E-state index contributed by atoms with van der Waals surface area (Å²) in [6.07, 6.45) is 1.64. The molecule has 0 aromatic heterocycles. The number of hydrogen-bond donors (Lipinski definition) is 2. The van der Waals surface area contributed by atoms with Crippen LogP contribution in [-0.4, -0.2) is 25.2 Å². The zero-order valence-corrected chi connectivity index (χ0v) is 12.3. The molecule has 0 bridgehead atoms. The minimum absolute atomic E-state index is 0.0889. The van der Waals surface area contributed by atoms with Gasteiger partial charge in [-0.3, -0.25) is 4.79 Å². The van der Waals surface area contributed by atoms with Gasteiger partial charge >= 0.3 is 0 Å². The van der Waals surface area contributed by atoms with Crippen LogP contribution in [0.4, 0.5) is 5.69 Å². The van der Waals surface area contributed by atoms with E-state index in [1.54, 1.807) is 0 Å². The number of hydrogen-bond acceptors (Lipinski definition) is 3. The van der Waals surface area contributed by atoms with Crippen LogP contribution in [0.3, 0.4) is 0 Å². The van der Waals surface area contributed by atoms with Gasteiger partial charge in [0.1, 0.15) is 0 Å². The zero-order valence-electron chi connectivity index (χ0n) is 12.3. The Morgan fingerprint density at radius 2 is 1.90 bits per heavy atom. The van der Waals surface area contributed by atoms with Crippen molar-refractivity contribution in [3.63, 3.8) is 0 Å². The summed E-state index contributed by atoms with van der Waals surface area (Å²) in [5, 5.41) is 6.36. The van der Waals surface area contributed by atoms with E-state index in [0.29, 0.717) is 19.3 Å². The van der Waals surface area contributed by atoms with Crippen LogP contribution in [0.1, 0.15) is 32.3 Å². The van der Waals surface area contributed by atoms with Gasteiger partial charge in [0.25, 0.3) is 0 Å². The van der Waals surface area contributed by atoms with E-state index in [1.165, 1.54) is 5.56 Å². The van der Waals surface area contributed by atoms with Crippen LogP contribution in [0.5, 0.6) is 0 Å². The number of benzene rings is 1. The summed E-state index contributed by atoms with van der Waals surface area (Å²) in [6.45, 7) is 6.49. The lowest BCUT2D eigenvalue weighted by Crippen LogP contribution is -2.28. The highest BCUT2D eigenvalue weighted by Gasteiger charge is 2.21. The molecule has 20 heavy (non-hydrogen) atoms. The number of amides is 1. The molecule has 1 amide bonds. The highest BCUT2D eigenvalue weighted by Crippen LogP contribution is 2.18. The Kier molecular flexibility index (Phi) is 5.56. The molecule has 2 rings (SSSR count). The van der Waals surface area contributed by atoms with Crippen LogP contribution in [-0.2, 0) is 16.1 Å². The second-order valence-corrected chi connectivity index (χ2v) is 5.61. The molecule has 0 unspecified atom stereocenters. The predicted molar refractivity (Wildman–Crippen MR) is 80.6 cm³/mol. The molecule has 1 heterocycles. The van der Waals surface area contributed by atoms with Crippen LogP contribution in [0, 0.1) is 5.92 Å². The Balaban J connectivity index is 1.84. The van der Waals surface area contributed by atoms with Crippen molar-refractivity contribution in [2.45, 2.75) is 39.3 Å². The highest BCUT2D eigenvalue weighted by molar-refractivity contribution is 5.92. The van der Waals surface area contributed by atoms with Crippen molar-refractivity contribution in [2.24, 2.45) is 5.92 Å². The quantitative estimate of drug-likeness (QED) is 0.869. The molecule has 1 aliphatic heterocycles. The number of ether oxygens (including phenoxy) is 1. The van der Waals surface area contributed by atoms with E-state index in [9.17, 15) is 4.79 Å². The average Bonchev–Trinajstić information content (AvgIpc) is 2.47. The first-order chi connectivity index (χ1) is 9.65. The molecule has 1 aromatic carbocycles. The molecule has 4 heteroatoms. The van der Waals surface area contributed by atoms with Crippen molar-refractivity contribution in [3.05, 3.63) is 29.8 Å². The van der Waals surface area contributed by atoms with E-state index in [4.69, 9.17) is 4.74 Å². The molecule has 1 aliphatic rings. The minimum atomic E-state index is 0.0889. The van der Waals surface area contributed by atoms with Crippen molar-refractivity contribution < 1.29 is 9.53 Å². The monoisotopic (exact) mass is 276 g/mol. The van der Waals surface area contributed by atoms with Gasteiger partial charge in [0, 0.05) is 37.4 Å². The number of carbonyl (C=O) groups excluding carboxylic acids is 1. The van der Waals surface area contributed by atoms with Crippen molar-refractivity contribution in [3.8, 4) is 0 Å². The smallest absolute Gasteiger partial charge is 0.227 e. The standard InChI is InChI=1S/C16H24N2O2/c1-12(2)17-11-13-3-5-15(6-4-13)18-16(19)14-7-9-20-10-8-14/h3-6,12,14,17H,7-11H2,1-2H3,(H,18,19). The Bertz CT molecular complexity index is 423. The van der Waals surface area contributed by atoms with Crippen LogP contribution in [0.2, 0.25) is 0 Å². The molecule has 110 valence electrons. The fourth-order valence-electron chi connectivity index (χ4n) is 2.23. The number of nitrogens with one attached hydrogen (secondary N) is 2. The third kappa shape index (κ3) is 4.62. The largest absolute Gasteiger partial charge is 0.381 e. The molecule has 0 spiro atoms. The summed E-state index contributed by atoms with van der Waals surface area (Å²) in [5.41, 5.74) is 2.09. The zero-order chi connectivity index (χ0) is 14.4. The van der Waals surface area contributed by atoms with Gasteiger partial charge in [-0.1, -0.05) is 26.0 Å². The maximum absolute atomic E-state index is 12.1. The van der Waals surface area contributed by atoms with Gasteiger partial charge < -0.3 is 15.4 Å². The lowest BCUT2D eigenvalue weighted by atomic mass is 9.99. The number of rotatable bonds is 5. The van der Waals surface area contributed by atoms with Crippen molar-refractivity contribution in [1.29, 1.82) is 0 Å². The molecule has 1 fully saturated rings. The Labute approximate surface area is 120 Å². The Hall–Kier alpha value is -1.39. The van der Waals surface area contributed by atoms with Crippen LogP contribution >= 0.6 is 0 Å². The van der Waals surface area contributed by atoms with Gasteiger partial charge in [-0.05, 0) is 30.5 Å². The molecule has 0 aliphatic carbocycles. The predicted octanol–water partition coefficient (Wildman–Crippen LogP) is 2.55. The summed E-state index contributed by atoms with van der Waals surface area (Å²) in [6, 6.07) is 8.51. The topological polar surface area (TPSA) is 50.4 Å². The molecule has 2 N–H and O–H groups in total. The third-order valence-corrected chi connectivity index (χ3v) is 3.53. The second kappa shape index (κ2) is 7.41. The minimum Gasteiger partial charge on any atom is -0.381 e. The van der Waals surface area contributed by atoms with Gasteiger partial charge in [-0.25, -0.2) is 0 Å². The van der Waals surface area contributed by atoms with Gasteiger partial charge in [-0.15, -0.1) is 0 Å². The molecule has 0 radical (unpaired) electrons. The molecule has 4 nitrogen and oxygen atoms in total. The normalized spacial score (nSPS) is 16.4. The van der Waals surface area contributed by atoms with Gasteiger partial charge in [-0.2, -0.15) is 0 Å². The summed E-state index contributed by atoms with van der Waals surface area (Å²) < 4.78 is 5.28. The molecule has 1 aromatic rings. The first kappa shape index (κ1) is 15.0. The van der Waals surface area contributed by atoms with Crippen LogP contribution < -0.4 is 10.6 Å². The molecule has 0 saturated carbocycles. The first-order valence-corrected chi connectivity index (χ1v) is 7.36. The SMILES string of the molecule is CC(C)NCc1ccc(NC(=O)C2CCOCC2)cc1. The maximum Gasteiger partial charge on any atom is 0.227 e. The van der Waals surface area contributed by atoms with E-state index in [1.807, 2.05) is 12.1 Å². The lowest BCUT2D eigenvalue weighted by Gasteiger charge is -2.21. The molecule has 0 atom stereocenters.